The second kappa shape index (κ2) is 5.92. The minimum absolute atomic E-state index is 0.00767. The highest BCUT2D eigenvalue weighted by molar-refractivity contribution is 6.28. The van der Waals surface area contributed by atoms with Crippen molar-refractivity contribution in [2.75, 3.05) is 0 Å². The predicted molar refractivity (Wildman–Crippen MR) is 74.9 cm³/mol. The van der Waals surface area contributed by atoms with E-state index in [0.29, 0.717) is 5.69 Å². The summed E-state index contributed by atoms with van der Waals surface area (Å²) in [5.74, 6) is 0. The number of nitrogens with zero attached hydrogens (tertiary/aromatic N) is 4. The maximum absolute atomic E-state index is 11.1. The van der Waals surface area contributed by atoms with Crippen LogP contribution >= 0.6 is 11.6 Å². The minimum atomic E-state index is -0.485. The molecule has 2 heterocycles. The van der Waals surface area contributed by atoms with Crippen LogP contribution in [0, 0.1) is 17.0 Å². The topological polar surface area (TPSA) is 81.8 Å². The van der Waals surface area contributed by atoms with E-state index >= 15 is 0 Å². The summed E-state index contributed by atoms with van der Waals surface area (Å²) in [6, 6.07) is 3.79. The summed E-state index contributed by atoms with van der Waals surface area (Å²) in [5, 5.41) is 11.1. The van der Waals surface area contributed by atoms with Crippen molar-refractivity contribution in [3.8, 4) is 0 Å². The molecule has 0 aliphatic rings. The standard InChI is InChI=1S/C13H13ClN4O2/c1-3-9-4-5-10(15-7-9)6-11-12(18(19)20)8(2)16-13(14)17-11/h4-5,7H,3,6H2,1-2H3. The van der Waals surface area contributed by atoms with E-state index in [-0.39, 0.29) is 28.8 Å². The summed E-state index contributed by atoms with van der Waals surface area (Å²) < 4.78 is 0. The van der Waals surface area contributed by atoms with E-state index in [1.165, 1.54) is 0 Å². The fourth-order valence-corrected chi connectivity index (χ4v) is 2.12. The Kier molecular flexibility index (Phi) is 4.24. The number of halogens is 1. The number of aromatic nitrogens is 3. The van der Waals surface area contributed by atoms with Gasteiger partial charge < -0.3 is 0 Å². The van der Waals surface area contributed by atoms with E-state index in [2.05, 4.69) is 15.0 Å². The number of aryl methyl sites for hydroxylation is 2. The van der Waals surface area contributed by atoms with Crippen molar-refractivity contribution in [3.63, 3.8) is 0 Å². The Labute approximate surface area is 121 Å². The molecule has 0 N–H and O–H groups in total. The zero-order chi connectivity index (χ0) is 14.7. The quantitative estimate of drug-likeness (QED) is 0.491. The second-order valence-electron chi connectivity index (χ2n) is 4.32. The number of nitro groups is 1. The molecule has 0 radical (unpaired) electrons. The van der Waals surface area contributed by atoms with Crippen LogP contribution in [0.1, 0.15) is 29.6 Å². The van der Waals surface area contributed by atoms with Gasteiger partial charge in [-0.2, -0.15) is 0 Å². The molecule has 0 aromatic carbocycles. The van der Waals surface area contributed by atoms with Crippen molar-refractivity contribution >= 4 is 17.3 Å². The summed E-state index contributed by atoms with van der Waals surface area (Å²) >= 11 is 5.78. The van der Waals surface area contributed by atoms with Gasteiger partial charge in [0.25, 0.3) is 0 Å². The summed E-state index contributed by atoms with van der Waals surface area (Å²) in [4.78, 5) is 22.7. The largest absolute Gasteiger partial charge is 0.312 e. The Morgan fingerprint density at radius 3 is 2.65 bits per heavy atom. The molecule has 0 amide bonds. The van der Waals surface area contributed by atoms with Crippen molar-refractivity contribution in [2.24, 2.45) is 0 Å². The Morgan fingerprint density at radius 2 is 2.10 bits per heavy atom. The van der Waals surface area contributed by atoms with Gasteiger partial charge in [-0.15, -0.1) is 0 Å². The summed E-state index contributed by atoms with van der Waals surface area (Å²) in [5.41, 5.74) is 2.26. The lowest BCUT2D eigenvalue weighted by molar-refractivity contribution is -0.386. The van der Waals surface area contributed by atoms with Gasteiger partial charge in [0, 0.05) is 18.3 Å². The number of rotatable bonds is 4. The van der Waals surface area contributed by atoms with Crippen LogP contribution in [0.15, 0.2) is 18.3 Å². The molecule has 104 valence electrons. The first kappa shape index (κ1) is 14.3. The lowest BCUT2D eigenvalue weighted by Crippen LogP contribution is -2.05. The third kappa shape index (κ3) is 3.08. The minimum Gasteiger partial charge on any atom is -0.261 e. The van der Waals surface area contributed by atoms with Crippen LogP contribution in [-0.4, -0.2) is 19.9 Å². The van der Waals surface area contributed by atoms with Crippen molar-refractivity contribution in [3.05, 3.63) is 56.4 Å². The molecule has 0 unspecified atom stereocenters. The molecule has 0 saturated carbocycles. The van der Waals surface area contributed by atoms with E-state index in [9.17, 15) is 10.1 Å². The first-order chi connectivity index (χ1) is 9.51. The van der Waals surface area contributed by atoms with Crippen LogP contribution in [0.4, 0.5) is 5.69 Å². The molecule has 0 spiro atoms. The van der Waals surface area contributed by atoms with Gasteiger partial charge >= 0.3 is 5.69 Å². The van der Waals surface area contributed by atoms with Crippen LogP contribution in [0.5, 0.6) is 0 Å². The molecule has 0 aliphatic carbocycles. The third-order valence-corrected chi connectivity index (χ3v) is 3.10. The Morgan fingerprint density at radius 1 is 1.35 bits per heavy atom. The van der Waals surface area contributed by atoms with E-state index in [0.717, 1.165) is 12.0 Å². The monoisotopic (exact) mass is 292 g/mol. The summed E-state index contributed by atoms with van der Waals surface area (Å²) in [7, 11) is 0. The average Bonchev–Trinajstić information content (AvgIpc) is 2.38. The second-order valence-corrected chi connectivity index (χ2v) is 4.66. The lowest BCUT2D eigenvalue weighted by Gasteiger charge is -2.05. The Bertz CT molecular complexity index is 644. The molecular weight excluding hydrogens is 280 g/mol. The van der Waals surface area contributed by atoms with Gasteiger partial charge in [0.15, 0.2) is 0 Å². The average molecular weight is 293 g/mol. The van der Waals surface area contributed by atoms with E-state index in [1.54, 1.807) is 13.1 Å². The zero-order valence-corrected chi connectivity index (χ0v) is 11.9. The van der Waals surface area contributed by atoms with Gasteiger partial charge in [-0.3, -0.25) is 15.1 Å². The molecule has 0 aliphatic heterocycles. The highest BCUT2D eigenvalue weighted by atomic mass is 35.5. The summed E-state index contributed by atoms with van der Waals surface area (Å²) in [6.07, 6.45) is 2.91. The first-order valence-corrected chi connectivity index (χ1v) is 6.50. The fraction of sp³-hybridized carbons (Fsp3) is 0.308. The van der Waals surface area contributed by atoms with Gasteiger partial charge in [0.2, 0.25) is 5.28 Å². The fourth-order valence-electron chi connectivity index (χ4n) is 1.89. The van der Waals surface area contributed by atoms with Crippen LogP contribution in [-0.2, 0) is 12.8 Å². The number of hydrogen-bond acceptors (Lipinski definition) is 5. The van der Waals surface area contributed by atoms with Crippen LogP contribution < -0.4 is 0 Å². The molecule has 2 aromatic rings. The maximum atomic E-state index is 11.1. The molecular formula is C13H13ClN4O2. The van der Waals surface area contributed by atoms with Crippen molar-refractivity contribution < 1.29 is 4.92 Å². The molecule has 0 atom stereocenters. The SMILES string of the molecule is CCc1ccc(Cc2nc(Cl)nc(C)c2[N+](=O)[O-])nc1. The molecule has 6 nitrogen and oxygen atoms in total. The van der Waals surface area contributed by atoms with E-state index in [4.69, 9.17) is 11.6 Å². The van der Waals surface area contributed by atoms with Crippen molar-refractivity contribution in [2.45, 2.75) is 26.7 Å². The zero-order valence-electron chi connectivity index (χ0n) is 11.1. The maximum Gasteiger partial charge on any atom is 0.312 e. The number of hydrogen-bond donors (Lipinski definition) is 0. The first-order valence-electron chi connectivity index (χ1n) is 6.12. The van der Waals surface area contributed by atoms with Crippen molar-refractivity contribution in [1.29, 1.82) is 0 Å². The van der Waals surface area contributed by atoms with Gasteiger partial charge in [-0.1, -0.05) is 13.0 Å². The third-order valence-electron chi connectivity index (χ3n) is 2.93. The Hall–Kier alpha value is -2.08. The molecule has 0 fully saturated rings. The molecule has 2 aromatic heterocycles. The van der Waals surface area contributed by atoms with Crippen LogP contribution in [0.3, 0.4) is 0 Å². The molecule has 0 saturated heterocycles. The van der Waals surface area contributed by atoms with Crippen LogP contribution in [0.2, 0.25) is 5.28 Å². The van der Waals surface area contributed by atoms with E-state index < -0.39 is 4.92 Å². The molecule has 0 bridgehead atoms. The van der Waals surface area contributed by atoms with Crippen molar-refractivity contribution in [1.82, 2.24) is 15.0 Å². The molecule has 2 rings (SSSR count). The van der Waals surface area contributed by atoms with E-state index in [1.807, 2.05) is 19.1 Å². The normalized spacial score (nSPS) is 10.6. The molecule has 7 heteroatoms. The summed E-state index contributed by atoms with van der Waals surface area (Å²) in [6.45, 7) is 3.58. The van der Waals surface area contributed by atoms with Crippen LogP contribution in [0.25, 0.3) is 0 Å². The predicted octanol–water partition coefficient (Wildman–Crippen LogP) is 2.89. The highest BCUT2D eigenvalue weighted by Crippen LogP contribution is 2.23. The number of pyridine rings is 1. The van der Waals surface area contributed by atoms with Gasteiger partial charge in [-0.25, -0.2) is 9.97 Å². The molecule has 20 heavy (non-hydrogen) atoms. The Balaban J connectivity index is 2.39. The van der Waals surface area contributed by atoms with Gasteiger partial charge in [-0.05, 0) is 36.6 Å². The lowest BCUT2D eigenvalue weighted by atomic mass is 10.1. The highest BCUT2D eigenvalue weighted by Gasteiger charge is 2.21. The smallest absolute Gasteiger partial charge is 0.261 e. The van der Waals surface area contributed by atoms with Gasteiger partial charge in [0.1, 0.15) is 11.4 Å². The van der Waals surface area contributed by atoms with Gasteiger partial charge in [0.05, 0.1) is 4.92 Å².